The summed E-state index contributed by atoms with van der Waals surface area (Å²) < 4.78 is 2.23. The van der Waals surface area contributed by atoms with Crippen molar-refractivity contribution in [3.05, 3.63) is 53.9 Å². The SMILES string of the molecule is CCc1nc2c(N)nc3ccccc3c2n1CCCCNC(=O)c1ccc(N)c(N)c1. The molecule has 8 nitrogen and oxygen atoms in total. The average molecular weight is 418 g/mol. The molecule has 7 N–H and O–H groups in total. The molecule has 4 rings (SSSR count). The molecule has 8 heteroatoms. The first kappa shape index (κ1) is 20.5. The third-order valence-electron chi connectivity index (χ3n) is 5.45. The van der Waals surface area contributed by atoms with Gasteiger partial charge in [-0.1, -0.05) is 25.1 Å². The van der Waals surface area contributed by atoms with Gasteiger partial charge in [-0.3, -0.25) is 4.79 Å². The van der Waals surface area contributed by atoms with Crippen LogP contribution in [0.2, 0.25) is 0 Å². The number of carbonyl (C=O) groups excluding carboxylic acids is 1. The largest absolute Gasteiger partial charge is 0.397 e. The van der Waals surface area contributed by atoms with Gasteiger partial charge in [0.1, 0.15) is 11.3 Å². The van der Waals surface area contributed by atoms with Crippen LogP contribution in [0.3, 0.4) is 0 Å². The summed E-state index contributed by atoms with van der Waals surface area (Å²) in [5, 5.41) is 3.99. The van der Waals surface area contributed by atoms with Crippen molar-refractivity contribution in [2.45, 2.75) is 32.7 Å². The van der Waals surface area contributed by atoms with E-state index in [0.717, 1.165) is 53.6 Å². The summed E-state index contributed by atoms with van der Waals surface area (Å²) in [5.41, 5.74) is 21.7. The van der Waals surface area contributed by atoms with Gasteiger partial charge < -0.3 is 27.1 Å². The van der Waals surface area contributed by atoms with Crippen molar-refractivity contribution < 1.29 is 4.79 Å². The summed E-state index contributed by atoms with van der Waals surface area (Å²) >= 11 is 0. The molecule has 2 heterocycles. The van der Waals surface area contributed by atoms with E-state index in [2.05, 4.69) is 27.9 Å². The summed E-state index contributed by atoms with van der Waals surface area (Å²) in [4.78, 5) is 21.6. The lowest BCUT2D eigenvalue weighted by molar-refractivity contribution is 0.0953. The first-order valence-corrected chi connectivity index (χ1v) is 10.5. The topological polar surface area (TPSA) is 138 Å². The molecule has 0 spiro atoms. The fraction of sp³-hybridized carbons (Fsp3) is 0.261. The summed E-state index contributed by atoms with van der Waals surface area (Å²) in [5.74, 6) is 1.29. The number of imidazole rings is 1. The summed E-state index contributed by atoms with van der Waals surface area (Å²) in [6, 6.07) is 12.9. The number of nitrogens with two attached hydrogens (primary N) is 3. The van der Waals surface area contributed by atoms with Crippen LogP contribution in [-0.4, -0.2) is 27.0 Å². The number of para-hydroxylation sites is 1. The van der Waals surface area contributed by atoms with Crippen LogP contribution >= 0.6 is 0 Å². The zero-order chi connectivity index (χ0) is 22.0. The molecule has 0 radical (unpaired) electrons. The maximum Gasteiger partial charge on any atom is 0.251 e. The Hall–Kier alpha value is -3.81. The second-order valence-electron chi connectivity index (χ2n) is 7.55. The van der Waals surface area contributed by atoms with E-state index >= 15 is 0 Å². The van der Waals surface area contributed by atoms with Gasteiger partial charge in [0, 0.05) is 30.5 Å². The number of unbranched alkanes of at least 4 members (excludes halogenated alkanes) is 1. The number of amides is 1. The lowest BCUT2D eigenvalue weighted by Gasteiger charge is -2.11. The van der Waals surface area contributed by atoms with Crippen molar-refractivity contribution in [2.24, 2.45) is 0 Å². The molecule has 0 bridgehead atoms. The molecule has 1 amide bonds. The number of anilines is 3. The van der Waals surface area contributed by atoms with Crippen molar-refractivity contribution in [3.63, 3.8) is 0 Å². The van der Waals surface area contributed by atoms with Gasteiger partial charge in [-0.15, -0.1) is 0 Å². The third-order valence-corrected chi connectivity index (χ3v) is 5.45. The minimum Gasteiger partial charge on any atom is -0.397 e. The molecule has 2 aromatic heterocycles. The van der Waals surface area contributed by atoms with E-state index in [1.165, 1.54) is 0 Å². The molecular weight excluding hydrogens is 390 g/mol. The van der Waals surface area contributed by atoms with Gasteiger partial charge >= 0.3 is 0 Å². The second-order valence-corrected chi connectivity index (χ2v) is 7.55. The zero-order valence-corrected chi connectivity index (χ0v) is 17.6. The van der Waals surface area contributed by atoms with Gasteiger partial charge in [0.2, 0.25) is 0 Å². The number of carbonyl (C=O) groups is 1. The Morgan fingerprint density at radius 1 is 1.03 bits per heavy atom. The number of aryl methyl sites for hydroxylation is 2. The molecule has 160 valence electrons. The maximum atomic E-state index is 12.3. The number of benzene rings is 2. The highest BCUT2D eigenvalue weighted by Gasteiger charge is 2.16. The number of nitrogens with one attached hydrogen (secondary N) is 1. The quantitative estimate of drug-likeness (QED) is 0.269. The Bertz CT molecular complexity index is 1260. The van der Waals surface area contributed by atoms with Gasteiger partial charge in [0.25, 0.3) is 5.91 Å². The molecule has 0 aliphatic heterocycles. The molecule has 0 aliphatic rings. The Morgan fingerprint density at radius 3 is 2.61 bits per heavy atom. The number of fused-ring (bicyclic) bond motifs is 3. The molecule has 0 fully saturated rings. The van der Waals surface area contributed by atoms with Crippen LogP contribution < -0.4 is 22.5 Å². The first-order valence-electron chi connectivity index (χ1n) is 10.5. The van der Waals surface area contributed by atoms with E-state index in [4.69, 9.17) is 22.2 Å². The molecule has 0 atom stereocenters. The average Bonchev–Trinajstić information content (AvgIpc) is 3.15. The Morgan fingerprint density at radius 2 is 1.84 bits per heavy atom. The third kappa shape index (κ3) is 3.96. The summed E-state index contributed by atoms with van der Waals surface area (Å²) in [6.45, 7) is 3.45. The molecule has 0 unspecified atom stereocenters. The van der Waals surface area contributed by atoms with Crippen LogP contribution in [-0.2, 0) is 13.0 Å². The predicted molar refractivity (Wildman–Crippen MR) is 126 cm³/mol. The van der Waals surface area contributed by atoms with Crippen molar-refractivity contribution in [2.75, 3.05) is 23.7 Å². The van der Waals surface area contributed by atoms with Gasteiger partial charge in [0.05, 0.1) is 22.4 Å². The van der Waals surface area contributed by atoms with Gasteiger partial charge in [-0.2, -0.15) is 0 Å². The van der Waals surface area contributed by atoms with Crippen molar-refractivity contribution >= 4 is 45.0 Å². The monoisotopic (exact) mass is 417 g/mol. The van der Waals surface area contributed by atoms with E-state index in [0.29, 0.717) is 29.3 Å². The van der Waals surface area contributed by atoms with Crippen molar-refractivity contribution in [1.29, 1.82) is 0 Å². The Kier molecular flexibility index (Phi) is 5.62. The zero-order valence-electron chi connectivity index (χ0n) is 17.6. The minimum atomic E-state index is -0.154. The van der Waals surface area contributed by atoms with Crippen LogP contribution in [0.4, 0.5) is 17.2 Å². The first-order chi connectivity index (χ1) is 15.0. The van der Waals surface area contributed by atoms with Gasteiger partial charge in [-0.05, 0) is 37.1 Å². The minimum absolute atomic E-state index is 0.154. The van der Waals surface area contributed by atoms with Crippen LogP contribution in [0.1, 0.15) is 35.9 Å². The van der Waals surface area contributed by atoms with Gasteiger partial charge in [0.15, 0.2) is 5.82 Å². The van der Waals surface area contributed by atoms with Crippen LogP contribution in [0.15, 0.2) is 42.5 Å². The fourth-order valence-electron chi connectivity index (χ4n) is 3.83. The number of hydrogen-bond acceptors (Lipinski definition) is 6. The number of nitrogens with zero attached hydrogens (tertiary/aromatic N) is 3. The number of hydrogen-bond donors (Lipinski definition) is 4. The summed E-state index contributed by atoms with van der Waals surface area (Å²) in [6.07, 6.45) is 2.52. The van der Waals surface area contributed by atoms with Crippen LogP contribution in [0, 0.1) is 0 Å². The lowest BCUT2D eigenvalue weighted by atomic mass is 10.1. The number of rotatable bonds is 7. The maximum absolute atomic E-state index is 12.3. The van der Waals surface area contributed by atoms with Crippen molar-refractivity contribution in [3.8, 4) is 0 Å². The van der Waals surface area contributed by atoms with E-state index in [9.17, 15) is 4.79 Å². The molecule has 0 saturated carbocycles. The van der Waals surface area contributed by atoms with E-state index < -0.39 is 0 Å². The molecule has 2 aromatic carbocycles. The van der Waals surface area contributed by atoms with Gasteiger partial charge in [-0.25, -0.2) is 9.97 Å². The standard InChI is InChI=1S/C23H27N7O/c1-2-19-29-20-21(15-7-3-4-8-18(15)28-22(20)26)30(19)12-6-5-11-27-23(31)14-9-10-16(24)17(25)13-14/h3-4,7-10,13H,2,5-6,11-12,24-25H2,1H3,(H2,26,28)(H,27,31). The van der Waals surface area contributed by atoms with Crippen LogP contribution in [0.25, 0.3) is 21.9 Å². The smallest absolute Gasteiger partial charge is 0.251 e. The fourth-order valence-corrected chi connectivity index (χ4v) is 3.83. The summed E-state index contributed by atoms with van der Waals surface area (Å²) in [7, 11) is 0. The number of pyridine rings is 1. The molecule has 31 heavy (non-hydrogen) atoms. The molecule has 4 aromatic rings. The molecule has 0 saturated heterocycles. The Balaban J connectivity index is 1.45. The molecular formula is C23H27N7O. The molecule has 0 aliphatic carbocycles. The Labute approximate surface area is 180 Å². The van der Waals surface area contributed by atoms with E-state index in [1.54, 1.807) is 18.2 Å². The highest BCUT2D eigenvalue weighted by molar-refractivity contribution is 6.06. The second kappa shape index (κ2) is 8.51. The highest BCUT2D eigenvalue weighted by Crippen LogP contribution is 2.29. The van der Waals surface area contributed by atoms with E-state index in [-0.39, 0.29) is 5.91 Å². The normalized spacial score (nSPS) is 11.3. The highest BCUT2D eigenvalue weighted by atomic mass is 16.1. The predicted octanol–water partition coefficient (Wildman–Crippen LogP) is 3.10. The number of nitrogen functional groups attached to an aromatic ring is 3. The van der Waals surface area contributed by atoms with Crippen LogP contribution in [0.5, 0.6) is 0 Å². The lowest BCUT2D eigenvalue weighted by Crippen LogP contribution is -2.24. The van der Waals surface area contributed by atoms with E-state index in [1.807, 2.05) is 18.2 Å². The van der Waals surface area contributed by atoms with Crippen molar-refractivity contribution in [1.82, 2.24) is 19.9 Å². The number of aromatic nitrogens is 3.